The number of nitrogens with zero attached hydrogens (tertiary/aromatic N) is 2. The van der Waals surface area contributed by atoms with Gasteiger partial charge in [-0.3, -0.25) is 0 Å². The van der Waals surface area contributed by atoms with Gasteiger partial charge in [0.1, 0.15) is 12.4 Å². The molecule has 0 saturated carbocycles. The van der Waals surface area contributed by atoms with E-state index in [1.165, 1.54) is 12.0 Å². The summed E-state index contributed by atoms with van der Waals surface area (Å²) in [5, 5.41) is 0. The molecule has 4 aliphatic heterocycles. The Morgan fingerprint density at radius 3 is 2.81 bits per heavy atom. The molecule has 8 atom stereocenters. The third-order valence-corrected chi connectivity index (χ3v) is 9.10. The zero-order chi connectivity index (χ0) is 21.4. The summed E-state index contributed by atoms with van der Waals surface area (Å²) in [6, 6.07) is 10.9. The zero-order valence-corrected chi connectivity index (χ0v) is 19.4. The fourth-order valence-corrected chi connectivity index (χ4v) is 7.63. The van der Waals surface area contributed by atoms with Gasteiger partial charge in [0.25, 0.3) is 8.53 Å². The Bertz CT molecular complexity index is 758. The van der Waals surface area contributed by atoms with E-state index in [-0.39, 0.29) is 36.3 Å². The van der Waals surface area contributed by atoms with Crippen molar-refractivity contribution in [2.45, 2.75) is 82.4 Å². The van der Waals surface area contributed by atoms with Gasteiger partial charge < -0.3 is 23.4 Å². The molecule has 5 rings (SSSR count). The fraction of sp³-hybridized carbons (Fsp3) is 0.696. The van der Waals surface area contributed by atoms with Crippen molar-refractivity contribution in [3.63, 3.8) is 0 Å². The Morgan fingerprint density at radius 1 is 1.23 bits per heavy atom. The number of benzene rings is 1. The van der Waals surface area contributed by atoms with Crippen LogP contribution in [0.25, 0.3) is 0 Å². The first-order valence-electron chi connectivity index (χ1n) is 11.9. The van der Waals surface area contributed by atoms with Gasteiger partial charge in [-0.2, -0.15) is 0 Å². The number of aldehydes is 1. The van der Waals surface area contributed by atoms with Crippen molar-refractivity contribution in [3.05, 3.63) is 35.9 Å². The smallest absolute Gasteiger partial charge is 0.260 e. The van der Waals surface area contributed by atoms with E-state index in [1.807, 2.05) is 0 Å². The summed E-state index contributed by atoms with van der Waals surface area (Å²) in [7, 11) is 1.05. The first-order valence-corrected chi connectivity index (χ1v) is 13.0. The summed E-state index contributed by atoms with van der Waals surface area (Å²) >= 11 is 0. The average Bonchev–Trinajstić information content (AvgIpc) is 3.56. The Kier molecular flexibility index (Phi) is 6.80. The van der Waals surface area contributed by atoms with Gasteiger partial charge in [0, 0.05) is 18.5 Å². The van der Waals surface area contributed by atoms with Crippen LogP contribution in [0.2, 0.25) is 0 Å². The van der Waals surface area contributed by atoms with E-state index >= 15 is 0 Å². The molecule has 4 fully saturated rings. The summed E-state index contributed by atoms with van der Waals surface area (Å²) < 4.78 is 22.2. The molecular weight excluding hydrogens is 410 g/mol. The van der Waals surface area contributed by atoms with Crippen molar-refractivity contribution in [3.8, 4) is 0 Å². The van der Waals surface area contributed by atoms with Crippen LogP contribution in [0.15, 0.2) is 30.3 Å². The minimum absolute atomic E-state index is 0.00428. The molecule has 4 heterocycles. The molecular formula is C23H33BN2O4P. The summed E-state index contributed by atoms with van der Waals surface area (Å²) in [6.07, 6.45) is 6.49. The molecule has 1 radical (unpaired) electrons. The van der Waals surface area contributed by atoms with Crippen LogP contribution in [0.1, 0.15) is 57.6 Å². The zero-order valence-electron chi connectivity index (χ0n) is 18.5. The van der Waals surface area contributed by atoms with E-state index in [0.717, 1.165) is 45.1 Å². The summed E-state index contributed by atoms with van der Waals surface area (Å²) in [4.78, 5) is 13.6. The highest BCUT2D eigenvalue weighted by Gasteiger charge is 2.51. The third-order valence-electron chi connectivity index (χ3n) is 7.35. The molecule has 4 saturated heterocycles. The van der Waals surface area contributed by atoms with Gasteiger partial charge in [0.15, 0.2) is 0 Å². The second kappa shape index (κ2) is 9.58. The molecule has 6 nitrogen and oxygen atoms in total. The predicted molar refractivity (Wildman–Crippen MR) is 121 cm³/mol. The van der Waals surface area contributed by atoms with Gasteiger partial charge in [-0.25, -0.2) is 4.67 Å². The molecule has 0 bridgehead atoms. The van der Waals surface area contributed by atoms with Crippen molar-refractivity contribution >= 4 is 22.2 Å². The number of ether oxygens (including phenoxy) is 1. The number of rotatable bonds is 7. The second-order valence-corrected chi connectivity index (χ2v) is 10.7. The van der Waals surface area contributed by atoms with Gasteiger partial charge >= 0.3 is 0 Å². The molecule has 4 aliphatic rings. The van der Waals surface area contributed by atoms with Crippen LogP contribution in [0, 0.1) is 5.92 Å². The Labute approximate surface area is 187 Å². The molecule has 4 unspecified atom stereocenters. The lowest BCUT2D eigenvalue weighted by atomic mass is 9.74. The molecule has 0 aliphatic carbocycles. The van der Waals surface area contributed by atoms with Gasteiger partial charge in [-0.15, -0.1) is 0 Å². The number of fused-ring (bicyclic) bond motifs is 1. The number of carbonyl (C=O) groups excluding carboxylic acids is 1. The topological polar surface area (TPSA) is 51.2 Å². The average molecular weight is 443 g/mol. The van der Waals surface area contributed by atoms with E-state index in [9.17, 15) is 4.79 Å². The van der Waals surface area contributed by atoms with Crippen molar-refractivity contribution < 1.29 is 18.6 Å². The molecule has 31 heavy (non-hydrogen) atoms. The van der Waals surface area contributed by atoms with Crippen molar-refractivity contribution in [1.29, 1.82) is 0 Å². The number of carbonyl (C=O) groups is 1. The van der Waals surface area contributed by atoms with E-state index in [1.54, 1.807) is 0 Å². The van der Waals surface area contributed by atoms with Crippen LogP contribution in [-0.4, -0.2) is 66.6 Å². The van der Waals surface area contributed by atoms with Crippen LogP contribution < -0.4 is 0 Å². The van der Waals surface area contributed by atoms with Crippen LogP contribution in [0.3, 0.4) is 0 Å². The van der Waals surface area contributed by atoms with E-state index < -0.39 is 8.53 Å². The molecule has 0 amide bonds. The van der Waals surface area contributed by atoms with Crippen LogP contribution >= 0.6 is 8.53 Å². The van der Waals surface area contributed by atoms with Crippen molar-refractivity contribution in [1.82, 2.24) is 9.48 Å². The fourth-order valence-electron chi connectivity index (χ4n) is 5.56. The first-order chi connectivity index (χ1) is 15.2. The lowest BCUT2D eigenvalue weighted by molar-refractivity contribution is -0.110. The van der Waals surface area contributed by atoms with Crippen molar-refractivity contribution in [2.75, 3.05) is 13.1 Å². The summed E-state index contributed by atoms with van der Waals surface area (Å²) in [5.74, 6) is 0.223. The minimum atomic E-state index is -1.09. The Balaban J connectivity index is 1.28. The van der Waals surface area contributed by atoms with Gasteiger partial charge in [-0.05, 0) is 44.2 Å². The van der Waals surface area contributed by atoms with E-state index in [2.05, 4.69) is 61.1 Å². The maximum absolute atomic E-state index is 11.4. The van der Waals surface area contributed by atoms with Crippen molar-refractivity contribution in [2.24, 2.45) is 5.92 Å². The predicted octanol–water partition coefficient (Wildman–Crippen LogP) is 3.89. The highest BCUT2D eigenvalue weighted by molar-refractivity contribution is 7.45. The number of hydrogen-bond acceptors (Lipinski definition) is 6. The standard InChI is InChI=1S/C23H33BN2O4P/c1-3-20-21(16(2)23(28-20)24-25-13-7-11-18(25)15-27)29-31-26-14-8-12-19(26)22(30-31)17-9-5-4-6-10-17/h4-6,9-10,15-16,18-23H,3,7-8,11-14H2,1-2H3/t16?,18-,19-,20?,21+,22+,23?,31?/m0/s1. The van der Waals surface area contributed by atoms with Gasteiger partial charge in [-0.1, -0.05) is 44.2 Å². The highest BCUT2D eigenvalue weighted by Crippen LogP contribution is 2.61. The Morgan fingerprint density at radius 2 is 2.03 bits per heavy atom. The minimum Gasteiger partial charge on any atom is -0.379 e. The maximum atomic E-state index is 11.4. The largest absolute Gasteiger partial charge is 0.379 e. The molecule has 1 aromatic carbocycles. The van der Waals surface area contributed by atoms with Crippen LogP contribution in [-0.2, 0) is 18.6 Å². The summed E-state index contributed by atoms with van der Waals surface area (Å²) in [5.41, 5.74) is 1.25. The van der Waals surface area contributed by atoms with Gasteiger partial charge in [0.05, 0.1) is 24.3 Å². The van der Waals surface area contributed by atoms with E-state index in [4.69, 9.17) is 13.8 Å². The van der Waals surface area contributed by atoms with Crippen LogP contribution in [0.5, 0.6) is 0 Å². The monoisotopic (exact) mass is 443 g/mol. The molecule has 0 aromatic heterocycles. The lowest BCUT2D eigenvalue weighted by Gasteiger charge is -2.28. The molecule has 0 N–H and O–H groups in total. The van der Waals surface area contributed by atoms with Crippen LogP contribution in [0.4, 0.5) is 0 Å². The Hall–Kier alpha value is -0.815. The molecule has 167 valence electrons. The first kappa shape index (κ1) is 22.0. The normalized spacial score (nSPS) is 41.0. The lowest BCUT2D eigenvalue weighted by Crippen LogP contribution is -2.42. The highest BCUT2D eigenvalue weighted by atomic mass is 31.2. The maximum Gasteiger partial charge on any atom is 0.260 e. The quantitative estimate of drug-likeness (QED) is 0.362. The van der Waals surface area contributed by atoms with Gasteiger partial charge in [0.2, 0.25) is 7.41 Å². The SMILES string of the molecule is CCC1OC([B]N2CCC[C@H]2C=O)C(C)[C@H]1OP1O[C@H](c2ccccc2)[C@@H]2CCCN21. The molecule has 1 aromatic rings. The molecule has 8 heteroatoms. The number of hydrogen-bond donors (Lipinski definition) is 0. The second-order valence-electron chi connectivity index (χ2n) is 9.26. The third kappa shape index (κ3) is 4.26. The molecule has 0 spiro atoms. The summed E-state index contributed by atoms with van der Waals surface area (Å²) in [6.45, 7) is 6.36. The van der Waals surface area contributed by atoms with E-state index in [0.29, 0.717) is 6.04 Å².